The molecule has 3 rings (SSSR count). The van der Waals surface area contributed by atoms with Crippen LogP contribution in [0.4, 0.5) is 5.82 Å². The summed E-state index contributed by atoms with van der Waals surface area (Å²) in [5, 5.41) is 1.50. The van der Waals surface area contributed by atoms with Crippen molar-refractivity contribution in [3.8, 4) is 5.69 Å². The summed E-state index contributed by atoms with van der Waals surface area (Å²) in [5.74, 6) is 0.561. The Morgan fingerprint density at radius 3 is 2.36 bits per heavy atom. The molecular weight excluding hydrogens is 321 g/mol. The highest BCUT2D eigenvalue weighted by Crippen LogP contribution is 2.34. The van der Waals surface area contributed by atoms with Gasteiger partial charge in [-0.1, -0.05) is 41.4 Å². The van der Waals surface area contributed by atoms with Gasteiger partial charge in [-0.15, -0.1) is 0 Å². The largest absolute Gasteiger partial charge is 0.362 e. The molecule has 0 aliphatic heterocycles. The average molecular weight is 334 g/mol. The molecule has 0 amide bonds. The highest BCUT2D eigenvalue weighted by Gasteiger charge is 2.17. The lowest BCUT2D eigenvalue weighted by atomic mass is 10.2. The third kappa shape index (κ3) is 2.34. The molecule has 0 fully saturated rings. The Labute approximate surface area is 137 Å². The van der Waals surface area contributed by atoms with E-state index in [9.17, 15) is 4.79 Å². The topological polar surface area (TPSA) is 38.1 Å². The van der Waals surface area contributed by atoms with Crippen LogP contribution in [-0.4, -0.2) is 23.6 Å². The molecule has 6 heteroatoms. The van der Waals surface area contributed by atoms with Crippen molar-refractivity contribution in [2.75, 3.05) is 19.0 Å². The minimum Gasteiger partial charge on any atom is -0.362 e. The zero-order valence-corrected chi connectivity index (χ0v) is 13.6. The van der Waals surface area contributed by atoms with Crippen LogP contribution in [0.5, 0.6) is 0 Å². The number of para-hydroxylation sites is 1. The van der Waals surface area contributed by atoms with Gasteiger partial charge in [-0.2, -0.15) is 4.98 Å². The standard InChI is InChI=1S/C16H13Cl2N3O/c1-20(2)15-11-8-9-12(17)13(18)14(11)21(16(22)19-15)10-6-4-3-5-7-10/h3-9H,1-2H3. The maximum absolute atomic E-state index is 12.5. The van der Waals surface area contributed by atoms with E-state index in [4.69, 9.17) is 23.2 Å². The molecular formula is C16H13Cl2N3O. The first-order valence-electron chi connectivity index (χ1n) is 6.64. The van der Waals surface area contributed by atoms with Gasteiger partial charge in [0.1, 0.15) is 5.82 Å². The van der Waals surface area contributed by atoms with E-state index in [2.05, 4.69) is 4.98 Å². The molecule has 0 saturated carbocycles. The van der Waals surface area contributed by atoms with E-state index < -0.39 is 5.69 Å². The molecule has 2 aromatic carbocycles. The van der Waals surface area contributed by atoms with Crippen molar-refractivity contribution >= 4 is 39.9 Å². The summed E-state index contributed by atoms with van der Waals surface area (Å²) in [6.45, 7) is 0. The quantitative estimate of drug-likeness (QED) is 0.716. The predicted molar refractivity (Wildman–Crippen MR) is 91.7 cm³/mol. The number of hydrogen-bond acceptors (Lipinski definition) is 3. The van der Waals surface area contributed by atoms with Gasteiger partial charge in [0.25, 0.3) is 0 Å². The maximum Gasteiger partial charge on any atom is 0.354 e. The van der Waals surface area contributed by atoms with Crippen LogP contribution in [0.25, 0.3) is 16.6 Å². The fourth-order valence-electron chi connectivity index (χ4n) is 2.39. The number of rotatable bonds is 2. The van der Waals surface area contributed by atoms with Gasteiger partial charge >= 0.3 is 5.69 Å². The van der Waals surface area contributed by atoms with E-state index in [1.54, 1.807) is 11.0 Å². The molecule has 22 heavy (non-hydrogen) atoms. The van der Waals surface area contributed by atoms with Gasteiger partial charge in [-0.25, -0.2) is 4.79 Å². The normalized spacial score (nSPS) is 10.9. The van der Waals surface area contributed by atoms with Crippen LogP contribution in [0, 0.1) is 0 Å². The molecule has 1 heterocycles. The van der Waals surface area contributed by atoms with E-state index in [1.165, 1.54) is 4.57 Å². The Balaban J connectivity index is 2.53. The Bertz CT molecular complexity index is 905. The Morgan fingerprint density at radius 2 is 1.73 bits per heavy atom. The van der Waals surface area contributed by atoms with Gasteiger partial charge in [-0.3, -0.25) is 4.57 Å². The zero-order chi connectivity index (χ0) is 15.9. The second-order valence-electron chi connectivity index (χ2n) is 5.04. The first-order chi connectivity index (χ1) is 10.5. The Morgan fingerprint density at radius 1 is 1.05 bits per heavy atom. The highest BCUT2D eigenvalue weighted by molar-refractivity contribution is 6.45. The summed E-state index contributed by atoms with van der Waals surface area (Å²) in [6, 6.07) is 12.8. The summed E-state index contributed by atoms with van der Waals surface area (Å²) in [7, 11) is 3.66. The minimum atomic E-state index is -0.397. The zero-order valence-electron chi connectivity index (χ0n) is 12.0. The van der Waals surface area contributed by atoms with E-state index in [-0.39, 0.29) is 0 Å². The number of anilines is 1. The summed E-state index contributed by atoms with van der Waals surface area (Å²) in [5.41, 5.74) is 0.857. The highest BCUT2D eigenvalue weighted by atomic mass is 35.5. The second kappa shape index (κ2) is 5.63. The summed E-state index contributed by atoms with van der Waals surface area (Å²) >= 11 is 12.5. The molecule has 112 valence electrons. The molecule has 0 N–H and O–H groups in total. The van der Waals surface area contributed by atoms with E-state index >= 15 is 0 Å². The van der Waals surface area contributed by atoms with Gasteiger partial charge in [0.2, 0.25) is 0 Å². The van der Waals surface area contributed by atoms with Crippen LogP contribution in [-0.2, 0) is 0 Å². The number of fused-ring (bicyclic) bond motifs is 1. The first-order valence-corrected chi connectivity index (χ1v) is 7.40. The SMILES string of the molecule is CN(C)c1nc(=O)n(-c2ccccc2)c2c(Cl)c(Cl)ccc12. The lowest BCUT2D eigenvalue weighted by Crippen LogP contribution is -2.26. The van der Waals surface area contributed by atoms with Gasteiger partial charge in [0, 0.05) is 19.5 Å². The fraction of sp³-hybridized carbons (Fsp3) is 0.125. The van der Waals surface area contributed by atoms with Crippen molar-refractivity contribution in [2.24, 2.45) is 0 Å². The van der Waals surface area contributed by atoms with Crippen LogP contribution in [0.1, 0.15) is 0 Å². The Hall–Kier alpha value is -2.04. The van der Waals surface area contributed by atoms with Crippen molar-refractivity contribution in [3.05, 3.63) is 63.0 Å². The van der Waals surface area contributed by atoms with Gasteiger partial charge in [-0.05, 0) is 24.3 Å². The molecule has 0 saturated heterocycles. The molecule has 4 nitrogen and oxygen atoms in total. The van der Waals surface area contributed by atoms with Crippen LogP contribution in [0.15, 0.2) is 47.3 Å². The third-order valence-electron chi connectivity index (χ3n) is 3.36. The van der Waals surface area contributed by atoms with Crippen molar-refractivity contribution in [3.63, 3.8) is 0 Å². The molecule has 0 unspecified atom stereocenters. The lowest BCUT2D eigenvalue weighted by Gasteiger charge is -2.18. The number of benzene rings is 2. The number of halogens is 2. The minimum absolute atomic E-state index is 0.339. The van der Waals surface area contributed by atoms with Crippen molar-refractivity contribution in [2.45, 2.75) is 0 Å². The predicted octanol–water partition coefficient (Wildman–Crippen LogP) is 3.76. The van der Waals surface area contributed by atoms with E-state index in [1.807, 2.05) is 50.5 Å². The molecule has 0 radical (unpaired) electrons. The number of aromatic nitrogens is 2. The molecule has 0 bridgehead atoms. The van der Waals surface area contributed by atoms with Crippen molar-refractivity contribution < 1.29 is 0 Å². The maximum atomic E-state index is 12.5. The number of hydrogen-bond donors (Lipinski definition) is 0. The van der Waals surface area contributed by atoms with Crippen LogP contribution >= 0.6 is 23.2 Å². The third-order valence-corrected chi connectivity index (χ3v) is 4.16. The summed E-state index contributed by atoms with van der Waals surface area (Å²) < 4.78 is 1.48. The second-order valence-corrected chi connectivity index (χ2v) is 5.83. The van der Waals surface area contributed by atoms with Gasteiger partial charge < -0.3 is 4.90 Å². The molecule has 1 aromatic heterocycles. The summed E-state index contributed by atoms with van der Waals surface area (Å²) in [4.78, 5) is 18.5. The van der Waals surface area contributed by atoms with E-state index in [0.29, 0.717) is 27.1 Å². The van der Waals surface area contributed by atoms with Crippen LogP contribution < -0.4 is 10.6 Å². The van der Waals surface area contributed by atoms with Crippen molar-refractivity contribution in [1.29, 1.82) is 0 Å². The van der Waals surface area contributed by atoms with Gasteiger partial charge in [0.05, 0.1) is 21.2 Å². The number of nitrogens with zero attached hydrogens (tertiary/aromatic N) is 3. The summed E-state index contributed by atoms with van der Waals surface area (Å²) in [6.07, 6.45) is 0. The van der Waals surface area contributed by atoms with Crippen molar-refractivity contribution in [1.82, 2.24) is 9.55 Å². The first kappa shape index (κ1) is 14.9. The lowest BCUT2D eigenvalue weighted by molar-refractivity contribution is 0.936. The average Bonchev–Trinajstić information content (AvgIpc) is 2.51. The van der Waals surface area contributed by atoms with E-state index in [0.717, 1.165) is 5.39 Å². The smallest absolute Gasteiger partial charge is 0.354 e. The molecule has 3 aromatic rings. The monoisotopic (exact) mass is 333 g/mol. The molecule has 0 atom stereocenters. The molecule has 0 spiro atoms. The van der Waals surface area contributed by atoms with Gasteiger partial charge in [0.15, 0.2) is 0 Å². The fourth-order valence-corrected chi connectivity index (χ4v) is 2.79. The molecule has 0 aliphatic rings. The Kier molecular flexibility index (Phi) is 3.81. The van der Waals surface area contributed by atoms with Crippen LogP contribution in [0.2, 0.25) is 10.0 Å². The van der Waals surface area contributed by atoms with Crippen LogP contribution in [0.3, 0.4) is 0 Å². The molecule has 0 aliphatic carbocycles.